The number of hydrogen-bond donors (Lipinski definition) is 3. The molecule has 1 unspecified atom stereocenters. The van der Waals surface area contributed by atoms with Crippen LogP contribution in [0.2, 0.25) is 0 Å². The number of furan rings is 1. The van der Waals surface area contributed by atoms with Crippen LogP contribution in [0.4, 0.5) is 11.4 Å². The second-order valence-electron chi connectivity index (χ2n) is 6.95. The van der Waals surface area contributed by atoms with Gasteiger partial charge in [0, 0.05) is 11.4 Å². The van der Waals surface area contributed by atoms with E-state index in [2.05, 4.69) is 5.32 Å². The Hall–Kier alpha value is -3.45. The van der Waals surface area contributed by atoms with Crippen LogP contribution in [0, 0.1) is 0 Å². The molecule has 1 amide bonds. The monoisotopic (exact) mass is 474 g/mol. The van der Waals surface area contributed by atoms with E-state index in [9.17, 15) is 21.6 Å². The number of hydrogen-bond acceptors (Lipinski definition) is 7. The van der Waals surface area contributed by atoms with Gasteiger partial charge in [0.15, 0.2) is 0 Å². The Morgan fingerprint density at radius 3 is 1.91 bits per heavy atom. The fourth-order valence-corrected chi connectivity index (χ4v) is 4.31. The average Bonchev–Trinajstić information content (AvgIpc) is 3.36. The molecule has 2 heterocycles. The summed E-state index contributed by atoms with van der Waals surface area (Å²) in [6, 6.07) is 14.0. The van der Waals surface area contributed by atoms with Gasteiger partial charge in [-0.3, -0.25) is 9.69 Å². The third kappa shape index (κ3) is 4.29. The SMILES string of the molecule is NS(=O)(=O)c1ccc(NC2=CC(c3ccco3)N(c3ccc(S(N)(=O)=O)cc3)C2=O)cc1. The Labute approximate surface area is 184 Å². The Bertz CT molecular complexity index is 1400. The number of nitrogens with zero attached hydrogens (tertiary/aromatic N) is 1. The van der Waals surface area contributed by atoms with Crippen molar-refractivity contribution in [2.45, 2.75) is 15.8 Å². The summed E-state index contributed by atoms with van der Waals surface area (Å²) >= 11 is 0. The van der Waals surface area contributed by atoms with Gasteiger partial charge >= 0.3 is 0 Å². The summed E-state index contributed by atoms with van der Waals surface area (Å²) in [5, 5.41) is 13.2. The third-order valence-corrected chi connectivity index (χ3v) is 6.65. The number of benzene rings is 2. The minimum absolute atomic E-state index is 0.0557. The zero-order valence-electron chi connectivity index (χ0n) is 16.4. The van der Waals surface area contributed by atoms with Crippen LogP contribution in [0.5, 0.6) is 0 Å². The predicted octanol–water partition coefficient (Wildman–Crippen LogP) is 1.66. The summed E-state index contributed by atoms with van der Waals surface area (Å²) in [7, 11) is -7.71. The molecule has 0 saturated heterocycles. The maximum Gasteiger partial charge on any atom is 0.275 e. The molecule has 32 heavy (non-hydrogen) atoms. The van der Waals surface area contributed by atoms with E-state index < -0.39 is 32.0 Å². The summed E-state index contributed by atoms with van der Waals surface area (Å²) in [5.41, 5.74) is 1.13. The maximum absolute atomic E-state index is 13.2. The molecular weight excluding hydrogens is 456 g/mol. The molecule has 0 radical (unpaired) electrons. The van der Waals surface area contributed by atoms with Crippen molar-refractivity contribution in [3.63, 3.8) is 0 Å². The molecule has 0 fully saturated rings. The fraction of sp³-hybridized carbons (Fsp3) is 0.0500. The van der Waals surface area contributed by atoms with Gasteiger partial charge in [0.1, 0.15) is 17.5 Å². The van der Waals surface area contributed by atoms with E-state index in [-0.39, 0.29) is 15.5 Å². The number of primary sulfonamides is 2. The molecule has 10 nitrogen and oxygen atoms in total. The van der Waals surface area contributed by atoms with E-state index in [0.29, 0.717) is 17.1 Å². The van der Waals surface area contributed by atoms with Crippen molar-refractivity contribution >= 4 is 37.3 Å². The zero-order valence-corrected chi connectivity index (χ0v) is 18.0. The van der Waals surface area contributed by atoms with Crippen LogP contribution in [0.15, 0.2) is 92.9 Å². The molecule has 5 N–H and O–H groups in total. The Morgan fingerprint density at radius 2 is 1.41 bits per heavy atom. The highest BCUT2D eigenvalue weighted by Crippen LogP contribution is 2.36. The third-order valence-electron chi connectivity index (χ3n) is 4.79. The van der Waals surface area contributed by atoms with Crippen molar-refractivity contribution in [2.24, 2.45) is 10.3 Å². The van der Waals surface area contributed by atoms with Crippen molar-refractivity contribution in [3.8, 4) is 0 Å². The number of sulfonamides is 2. The minimum atomic E-state index is -3.88. The normalized spacial score (nSPS) is 16.8. The molecule has 166 valence electrons. The molecule has 0 aliphatic carbocycles. The first-order valence-electron chi connectivity index (χ1n) is 9.15. The van der Waals surface area contributed by atoms with Crippen LogP contribution in [0.25, 0.3) is 0 Å². The van der Waals surface area contributed by atoms with E-state index in [1.54, 1.807) is 18.2 Å². The van der Waals surface area contributed by atoms with Crippen LogP contribution < -0.4 is 20.5 Å². The second kappa shape index (κ2) is 7.91. The van der Waals surface area contributed by atoms with Gasteiger partial charge in [0.25, 0.3) is 5.91 Å². The maximum atomic E-state index is 13.2. The van der Waals surface area contributed by atoms with Gasteiger partial charge in [-0.25, -0.2) is 27.1 Å². The van der Waals surface area contributed by atoms with Crippen LogP contribution in [0.1, 0.15) is 11.8 Å². The van der Waals surface area contributed by atoms with Gasteiger partial charge in [0.05, 0.1) is 16.1 Å². The first-order chi connectivity index (χ1) is 15.0. The highest BCUT2D eigenvalue weighted by atomic mass is 32.2. The largest absolute Gasteiger partial charge is 0.467 e. The topological polar surface area (TPSA) is 166 Å². The summed E-state index contributed by atoms with van der Waals surface area (Å²) in [6.45, 7) is 0. The Morgan fingerprint density at radius 1 is 0.844 bits per heavy atom. The lowest BCUT2D eigenvalue weighted by atomic mass is 10.2. The highest BCUT2D eigenvalue weighted by Gasteiger charge is 2.36. The van der Waals surface area contributed by atoms with Crippen LogP contribution in [-0.2, 0) is 24.8 Å². The molecule has 1 aliphatic heterocycles. The predicted molar refractivity (Wildman–Crippen MR) is 116 cm³/mol. The molecule has 0 saturated carbocycles. The summed E-state index contributed by atoms with van der Waals surface area (Å²) < 4.78 is 51.4. The summed E-state index contributed by atoms with van der Waals surface area (Å²) in [5.74, 6) is 0.0977. The zero-order chi connectivity index (χ0) is 23.1. The molecule has 1 aliphatic rings. The van der Waals surface area contributed by atoms with E-state index in [0.717, 1.165) is 0 Å². The highest BCUT2D eigenvalue weighted by molar-refractivity contribution is 7.89. The number of carbonyl (C=O) groups is 1. The molecule has 1 atom stereocenters. The lowest BCUT2D eigenvalue weighted by Crippen LogP contribution is -2.30. The van der Waals surface area contributed by atoms with Gasteiger partial charge in [-0.05, 0) is 66.7 Å². The lowest BCUT2D eigenvalue weighted by molar-refractivity contribution is -0.114. The number of carbonyl (C=O) groups excluding carboxylic acids is 1. The van der Waals surface area contributed by atoms with Crippen molar-refractivity contribution in [1.82, 2.24) is 0 Å². The average molecular weight is 475 g/mol. The molecular formula is C20H18N4O6S2. The number of rotatable bonds is 6. The molecule has 0 bridgehead atoms. The van der Waals surface area contributed by atoms with E-state index in [1.807, 2.05) is 0 Å². The molecule has 3 aromatic rings. The number of nitrogens with one attached hydrogen (secondary N) is 1. The first kappa shape index (κ1) is 21.8. The Kier molecular flexibility index (Phi) is 5.38. The standard InChI is InChI=1S/C20H18N4O6S2/c21-31(26,27)15-7-3-13(4-8-15)23-17-12-18(19-2-1-11-30-19)24(20(17)25)14-5-9-16(10-6-14)32(22,28)29/h1-12,18,23H,(H2,21,26,27)(H2,22,28,29). The lowest BCUT2D eigenvalue weighted by Gasteiger charge is -2.23. The van der Waals surface area contributed by atoms with Crippen LogP contribution in [0.3, 0.4) is 0 Å². The van der Waals surface area contributed by atoms with Gasteiger partial charge < -0.3 is 9.73 Å². The minimum Gasteiger partial charge on any atom is -0.467 e. The van der Waals surface area contributed by atoms with Crippen molar-refractivity contribution in [2.75, 3.05) is 10.2 Å². The van der Waals surface area contributed by atoms with Gasteiger partial charge in [0.2, 0.25) is 20.0 Å². The Balaban J connectivity index is 1.66. The van der Waals surface area contributed by atoms with E-state index >= 15 is 0 Å². The van der Waals surface area contributed by atoms with E-state index in [1.165, 1.54) is 59.7 Å². The van der Waals surface area contributed by atoms with Crippen molar-refractivity contribution < 1.29 is 26.0 Å². The smallest absolute Gasteiger partial charge is 0.275 e. The van der Waals surface area contributed by atoms with Crippen molar-refractivity contribution in [1.29, 1.82) is 0 Å². The first-order valence-corrected chi connectivity index (χ1v) is 12.2. The molecule has 1 aromatic heterocycles. The summed E-state index contributed by atoms with van der Waals surface area (Å²) in [4.78, 5) is 14.5. The van der Waals surface area contributed by atoms with Crippen LogP contribution in [-0.4, -0.2) is 22.7 Å². The molecule has 0 spiro atoms. The molecule has 4 rings (SSSR count). The molecule has 2 aromatic carbocycles. The quantitative estimate of drug-likeness (QED) is 0.488. The van der Waals surface area contributed by atoms with Crippen LogP contribution >= 0.6 is 0 Å². The van der Waals surface area contributed by atoms with Gasteiger partial charge in [-0.1, -0.05) is 0 Å². The van der Waals surface area contributed by atoms with Gasteiger partial charge in [-0.2, -0.15) is 0 Å². The second-order valence-corrected chi connectivity index (χ2v) is 10.1. The molecule has 12 heteroatoms. The fourth-order valence-electron chi connectivity index (χ4n) is 3.28. The number of nitrogens with two attached hydrogens (primary N) is 2. The van der Waals surface area contributed by atoms with Crippen molar-refractivity contribution in [3.05, 3.63) is 84.5 Å². The summed E-state index contributed by atoms with van der Waals surface area (Å²) in [6.07, 6.45) is 3.13. The number of amides is 1. The van der Waals surface area contributed by atoms with E-state index in [4.69, 9.17) is 14.7 Å². The van der Waals surface area contributed by atoms with Gasteiger partial charge in [-0.15, -0.1) is 0 Å². The number of anilines is 2.